The number of ether oxygens (including phenoxy) is 2. The van der Waals surface area contributed by atoms with E-state index in [2.05, 4.69) is 19.1 Å². The van der Waals surface area contributed by atoms with E-state index < -0.39 is 0 Å². The summed E-state index contributed by atoms with van der Waals surface area (Å²) in [6.07, 6.45) is 2.36. The highest BCUT2D eigenvalue weighted by atomic mass is 35.5. The van der Waals surface area contributed by atoms with Gasteiger partial charge in [-0.25, -0.2) is 0 Å². The fourth-order valence-electron chi connectivity index (χ4n) is 3.89. The molecule has 1 unspecified atom stereocenters. The number of hydrogen-bond donors (Lipinski definition) is 0. The lowest BCUT2D eigenvalue weighted by molar-refractivity contribution is -0.131. The van der Waals surface area contributed by atoms with Gasteiger partial charge < -0.3 is 14.4 Å². The van der Waals surface area contributed by atoms with E-state index in [1.807, 2.05) is 29.2 Å². The van der Waals surface area contributed by atoms with Crippen LogP contribution in [0.5, 0.6) is 11.5 Å². The monoisotopic (exact) mass is 371 g/mol. The summed E-state index contributed by atoms with van der Waals surface area (Å²) in [6.45, 7) is 3.91. The van der Waals surface area contributed by atoms with Gasteiger partial charge in [0.1, 0.15) is 13.2 Å². The highest BCUT2D eigenvalue weighted by Crippen LogP contribution is 2.39. The van der Waals surface area contributed by atoms with Crippen molar-refractivity contribution in [1.29, 1.82) is 0 Å². The number of carbonyl (C=O) groups excluding carboxylic acids is 1. The van der Waals surface area contributed by atoms with E-state index in [0.717, 1.165) is 24.9 Å². The van der Waals surface area contributed by atoms with Crippen molar-refractivity contribution >= 4 is 17.5 Å². The number of amides is 1. The molecule has 1 fully saturated rings. The first-order valence-corrected chi connectivity index (χ1v) is 9.44. The number of benzene rings is 2. The molecular formula is C21H22ClNO3. The molecule has 1 saturated heterocycles. The van der Waals surface area contributed by atoms with Crippen molar-refractivity contribution in [3.05, 3.63) is 58.1 Å². The molecule has 2 aliphatic heterocycles. The SMILES string of the molecule is Cc1ccccc1C1CCCN1C(=O)Cc1cc(Cl)c2c(c1)OCCO2. The summed E-state index contributed by atoms with van der Waals surface area (Å²) < 4.78 is 11.2. The molecular weight excluding hydrogens is 350 g/mol. The van der Waals surface area contributed by atoms with Crippen LogP contribution in [-0.4, -0.2) is 30.6 Å². The van der Waals surface area contributed by atoms with Gasteiger partial charge in [-0.3, -0.25) is 4.79 Å². The summed E-state index contributed by atoms with van der Waals surface area (Å²) in [7, 11) is 0. The Morgan fingerprint density at radius 3 is 2.88 bits per heavy atom. The number of aryl methyl sites for hydroxylation is 1. The van der Waals surface area contributed by atoms with Crippen LogP contribution in [0.15, 0.2) is 36.4 Å². The Morgan fingerprint density at radius 2 is 2.04 bits per heavy atom. The number of fused-ring (bicyclic) bond motifs is 1. The number of rotatable bonds is 3. The number of hydrogen-bond acceptors (Lipinski definition) is 3. The summed E-state index contributed by atoms with van der Waals surface area (Å²) in [5, 5.41) is 0.502. The van der Waals surface area contributed by atoms with Crippen LogP contribution in [0.25, 0.3) is 0 Å². The summed E-state index contributed by atoms with van der Waals surface area (Å²) in [6, 6.07) is 12.2. The van der Waals surface area contributed by atoms with Gasteiger partial charge in [0.2, 0.25) is 5.91 Å². The Morgan fingerprint density at radius 1 is 1.23 bits per heavy atom. The van der Waals surface area contributed by atoms with Gasteiger partial charge >= 0.3 is 0 Å². The van der Waals surface area contributed by atoms with Crippen molar-refractivity contribution < 1.29 is 14.3 Å². The van der Waals surface area contributed by atoms with Crippen LogP contribution >= 0.6 is 11.6 Å². The molecule has 0 radical (unpaired) electrons. The molecule has 1 atom stereocenters. The van der Waals surface area contributed by atoms with Crippen LogP contribution in [0.2, 0.25) is 5.02 Å². The average Bonchev–Trinajstić information content (AvgIpc) is 3.12. The molecule has 0 spiro atoms. The fraction of sp³-hybridized carbons (Fsp3) is 0.381. The van der Waals surface area contributed by atoms with Crippen molar-refractivity contribution in [2.75, 3.05) is 19.8 Å². The molecule has 0 N–H and O–H groups in total. The lowest BCUT2D eigenvalue weighted by Crippen LogP contribution is -2.32. The Kier molecular flexibility index (Phi) is 4.77. The van der Waals surface area contributed by atoms with Gasteiger partial charge in [-0.1, -0.05) is 35.9 Å². The molecule has 2 heterocycles. The summed E-state index contributed by atoms with van der Waals surface area (Å²) >= 11 is 6.31. The predicted molar refractivity (Wildman–Crippen MR) is 101 cm³/mol. The first kappa shape index (κ1) is 17.2. The molecule has 0 bridgehead atoms. The van der Waals surface area contributed by atoms with Crippen LogP contribution in [0.4, 0.5) is 0 Å². The minimum atomic E-state index is 0.128. The lowest BCUT2D eigenvalue weighted by Gasteiger charge is -2.27. The molecule has 2 aliphatic rings. The normalized spacial score (nSPS) is 18.8. The predicted octanol–water partition coefficient (Wildman–Crippen LogP) is 4.33. The molecule has 1 amide bonds. The van der Waals surface area contributed by atoms with Gasteiger partial charge in [0.15, 0.2) is 11.5 Å². The smallest absolute Gasteiger partial charge is 0.227 e. The molecule has 2 aromatic rings. The zero-order valence-corrected chi connectivity index (χ0v) is 15.6. The minimum absolute atomic E-state index is 0.128. The lowest BCUT2D eigenvalue weighted by atomic mass is 9.99. The topological polar surface area (TPSA) is 38.8 Å². The van der Waals surface area contributed by atoms with E-state index in [-0.39, 0.29) is 11.9 Å². The summed E-state index contributed by atoms with van der Waals surface area (Å²) in [5.74, 6) is 1.33. The number of nitrogens with zero attached hydrogens (tertiary/aromatic N) is 1. The first-order valence-electron chi connectivity index (χ1n) is 9.06. The number of halogens is 1. The van der Waals surface area contributed by atoms with E-state index in [1.54, 1.807) is 0 Å². The molecule has 136 valence electrons. The van der Waals surface area contributed by atoms with Crippen molar-refractivity contribution in [2.24, 2.45) is 0 Å². The van der Waals surface area contributed by atoms with Crippen LogP contribution in [0.3, 0.4) is 0 Å². The van der Waals surface area contributed by atoms with Gasteiger partial charge in [-0.05, 0) is 48.6 Å². The maximum atomic E-state index is 13.0. The molecule has 5 heteroatoms. The molecule has 0 aliphatic carbocycles. The quantitative estimate of drug-likeness (QED) is 0.806. The van der Waals surface area contributed by atoms with Gasteiger partial charge in [-0.2, -0.15) is 0 Å². The highest BCUT2D eigenvalue weighted by molar-refractivity contribution is 6.32. The average molecular weight is 372 g/mol. The summed E-state index contributed by atoms with van der Waals surface area (Å²) in [5.41, 5.74) is 3.35. The van der Waals surface area contributed by atoms with E-state index >= 15 is 0 Å². The van der Waals surface area contributed by atoms with Gasteiger partial charge in [0, 0.05) is 6.54 Å². The molecule has 2 aromatic carbocycles. The summed E-state index contributed by atoms with van der Waals surface area (Å²) in [4.78, 5) is 15.0. The number of carbonyl (C=O) groups is 1. The molecule has 0 saturated carbocycles. The second kappa shape index (κ2) is 7.20. The maximum Gasteiger partial charge on any atom is 0.227 e. The largest absolute Gasteiger partial charge is 0.486 e. The standard InChI is InChI=1S/C21H22ClNO3/c1-14-5-2-3-6-16(14)18-7-4-8-23(18)20(24)13-15-11-17(22)21-19(12-15)25-9-10-26-21/h2-3,5-6,11-12,18H,4,7-10,13H2,1H3. The van der Waals surface area contributed by atoms with Crippen LogP contribution in [0, 0.1) is 6.92 Å². The van der Waals surface area contributed by atoms with Crippen molar-refractivity contribution in [2.45, 2.75) is 32.2 Å². The second-order valence-electron chi connectivity index (χ2n) is 6.88. The highest BCUT2D eigenvalue weighted by Gasteiger charge is 2.31. The van der Waals surface area contributed by atoms with Crippen LogP contribution in [-0.2, 0) is 11.2 Å². The third-order valence-corrected chi connectivity index (χ3v) is 5.41. The van der Waals surface area contributed by atoms with E-state index in [1.165, 1.54) is 11.1 Å². The Labute approximate surface area is 158 Å². The van der Waals surface area contributed by atoms with E-state index in [0.29, 0.717) is 36.2 Å². The molecule has 26 heavy (non-hydrogen) atoms. The van der Waals surface area contributed by atoms with Crippen molar-refractivity contribution in [3.63, 3.8) is 0 Å². The zero-order valence-electron chi connectivity index (χ0n) is 14.8. The Hall–Kier alpha value is -2.20. The van der Waals surface area contributed by atoms with Crippen molar-refractivity contribution in [3.8, 4) is 11.5 Å². The molecule has 4 rings (SSSR count). The van der Waals surface area contributed by atoms with Gasteiger partial charge in [0.25, 0.3) is 0 Å². The molecule has 0 aromatic heterocycles. The third kappa shape index (κ3) is 3.26. The number of likely N-dealkylation sites (tertiary alicyclic amines) is 1. The van der Waals surface area contributed by atoms with E-state index in [4.69, 9.17) is 21.1 Å². The minimum Gasteiger partial charge on any atom is -0.486 e. The van der Waals surface area contributed by atoms with Crippen LogP contribution < -0.4 is 9.47 Å². The van der Waals surface area contributed by atoms with E-state index in [9.17, 15) is 4.79 Å². The third-order valence-electron chi connectivity index (χ3n) is 5.13. The fourth-order valence-corrected chi connectivity index (χ4v) is 4.18. The Bertz CT molecular complexity index is 836. The van der Waals surface area contributed by atoms with Crippen molar-refractivity contribution in [1.82, 2.24) is 4.90 Å². The second-order valence-corrected chi connectivity index (χ2v) is 7.29. The zero-order chi connectivity index (χ0) is 18.1. The first-order chi connectivity index (χ1) is 12.6. The maximum absolute atomic E-state index is 13.0. The Balaban J connectivity index is 1.54. The van der Waals surface area contributed by atoms with Gasteiger partial charge in [0.05, 0.1) is 17.5 Å². The van der Waals surface area contributed by atoms with Gasteiger partial charge in [-0.15, -0.1) is 0 Å². The molecule has 4 nitrogen and oxygen atoms in total. The van der Waals surface area contributed by atoms with Crippen LogP contribution in [0.1, 0.15) is 35.6 Å².